The molecule has 2 N–H and O–H groups in total. The van der Waals surface area contributed by atoms with Gasteiger partial charge < -0.3 is 24.7 Å². The monoisotopic (exact) mass is 490 g/mol. The average Bonchev–Trinajstić information content (AvgIpc) is 2.97. The molecule has 3 aromatic rings. The van der Waals surface area contributed by atoms with Crippen LogP contribution in [0.1, 0.15) is 30.2 Å². The Labute approximate surface area is 237 Å². The van der Waals surface area contributed by atoms with E-state index in [1.54, 1.807) is 0 Å². The fraction of sp³-hybridized carbons (Fsp3) is 0.318. The summed E-state index contributed by atoms with van der Waals surface area (Å²) >= 11 is 1.51. The van der Waals surface area contributed by atoms with Crippen LogP contribution >= 0.6 is 19.4 Å². The maximum absolute atomic E-state index is 11.8. The van der Waals surface area contributed by atoms with Gasteiger partial charge in [-0.25, -0.2) is 0 Å². The number of rotatable bonds is 10. The molecule has 32 heavy (non-hydrogen) atoms. The van der Waals surface area contributed by atoms with Crippen molar-refractivity contribution in [3.63, 3.8) is 0 Å². The molecular formula is C22H25N2Na2O4PS. The Morgan fingerprint density at radius 1 is 1.12 bits per heavy atom. The molecule has 10 heteroatoms. The zero-order valence-electron chi connectivity index (χ0n) is 18.9. The van der Waals surface area contributed by atoms with Gasteiger partial charge in [-0.1, -0.05) is 44.9 Å². The van der Waals surface area contributed by atoms with E-state index in [0.29, 0.717) is 18.7 Å². The third-order valence-corrected chi connectivity index (χ3v) is 6.92. The molecule has 0 bridgehead atoms. The smallest absolute Gasteiger partial charge is 0.811 e. The number of nitrogens with two attached hydrogens (primary N) is 1. The van der Waals surface area contributed by atoms with E-state index in [-0.39, 0.29) is 77.6 Å². The van der Waals surface area contributed by atoms with Crippen LogP contribution in [-0.2, 0) is 28.7 Å². The third-order valence-electron chi connectivity index (χ3n) is 4.97. The van der Waals surface area contributed by atoms with Gasteiger partial charge in [0, 0.05) is 28.0 Å². The number of amides is 1. The van der Waals surface area contributed by atoms with E-state index in [9.17, 15) is 19.1 Å². The van der Waals surface area contributed by atoms with Crippen molar-refractivity contribution < 1.29 is 78.3 Å². The summed E-state index contributed by atoms with van der Waals surface area (Å²) in [5.74, 6) is 0.166. The molecule has 0 unspecified atom stereocenters. The zero-order chi connectivity index (χ0) is 21.7. The van der Waals surface area contributed by atoms with E-state index >= 15 is 0 Å². The number of fused-ring (bicyclic) bond motifs is 1. The van der Waals surface area contributed by atoms with Crippen molar-refractivity contribution >= 4 is 36.2 Å². The molecule has 6 nitrogen and oxygen atoms in total. The van der Waals surface area contributed by atoms with Gasteiger partial charge in [0.2, 0.25) is 5.91 Å². The van der Waals surface area contributed by atoms with Crippen LogP contribution in [0.3, 0.4) is 0 Å². The van der Waals surface area contributed by atoms with Crippen molar-refractivity contribution in [1.29, 1.82) is 0 Å². The fourth-order valence-electron chi connectivity index (χ4n) is 3.72. The average molecular weight is 490 g/mol. The quantitative estimate of drug-likeness (QED) is 0.138. The Morgan fingerprint density at radius 3 is 2.41 bits per heavy atom. The molecule has 1 aromatic heterocycles. The van der Waals surface area contributed by atoms with Crippen LogP contribution in [0.25, 0.3) is 10.9 Å². The molecule has 1 amide bonds. The van der Waals surface area contributed by atoms with Gasteiger partial charge in [0.15, 0.2) is 0 Å². The second-order valence-corrected chi connectivity index (χ2v) is 10.0. The molecular weight excluding hydrogens is 465 g/mol. The van der Waals surface area contributed by atoms with E-state index in [1.165, 1.54) is 17.3 Å². The minimum Gasteiger partial charge on any atom is -0.811 e. The van der Waals surface area contributed by atoms with Crippen molar-refractivity contribution in [2.75, 3.05) is 11.9 Å². The van der Waals surface area contributed by atoms with Gasteiger partial charge in [0.1, 0.15) is 0 Å². The van der Waals surface area contributed by atoms with E-state index in [0.717, 1.165) is 33.5 Å². The SMILES string of the molecule is CCc1c(CC(N)=O)c2cc(SCCCP(=O)([O-])[O-])ccc2n1Cc1ccccc1.[Na+].[Na+]. The number of hydrogen-bond acceptors (Lipinski definition) is 5. The minimum absolute atomic E-state index is 0. The summed E-state index contributed by atoms with van der Waals surface area (Å²) in [6, 6.07) is 16.2. The fourth-order valence-corrected chi connectivity index (χ4v) is 5.37. The Kier molecular flexibility index (Phi) is 12.9. The topological polar surface area (TPSA) is 111 Å². The maximum Gasteiger partial charge on any atom is 1.00 e. The maximum atomic E-state index is 11.8. The van der Waals surface area contributed by atoms with Crippen molar-refractivity contribution in [1.82, 2.24) is 4.57 Å². The standard InChI is InChI=1S/C22H27N2O4PS.2Na/c1-2-20-19(14-22(23)25)18-13-17(30-12-6-11-29(26,27)28)9-10-21(18)24(20)15-16-7-4-3-5-8-16;;/h3-5,7-10,13H,2,6,11-12,14-15H2,1H3,(H2,23,25)(H2,26,27,28);;/q;2*+1/p-2. The van der Waals surface area contributed by atoms with Crippen molar-refractivity contribution in [2.24, 2.45) is 5.73 Å². The second kappa shape index (κ2) is 13.7. The Bertz CT molecular complexity index is 1090. The summed E-state index contributed by atoms with van der Waals surface area (Å²) in [4.78, 5) is 34.3. The van der Waals surface area contributed by atoms with Crippen molar-refractivity contribution in [3.8, 4) is 0 Å². The number of benzene rings is 2. The molecule has 1 heterocycles. The summed E-state index contributed by atoms with van der Waals surface area (Å²) in [7, 11) is -4.46. The van der Waals surface area contributed by atoms with E-state index in [4.69, 9.17) is 5.73 Å². The van der Waals surface area contributed by atoms with Crippen molar-refractivity contribution in [2.45, 2.75) is 37.6 Å². The summed E-state index contributed by atoms with van der Waals surface area (Å²) in [5, 5.41) is 0.991. The van der Waals surface area contributed by atoms with Gasteiger partial charge >= 0.3 is 59.1 Å². The molecule has 2 aromatic carbocycles. The molecule has 0 fully saturated rings. The first-order valence-corrected chi connectivity index (χ1v) is 12.6. The molecule has 0 aliphatic heterocycles. The van der Waals surface area contributed by atoms with E-state index in [1.807, 2.05) is 36.4 Å². The number of aromatic nitrogens is 1. The number of carbonyl (C=O) groups is 1. The first kappa shape index (κ1) is 30.0. The number of thioether (sulfide) groups is 1. The van der Waals surface area contributed by atoms with E-state index < -0.39 is 7.60 Å². The summed E-state index contributed by atoms with van der Waals surface area (Å²) in [6.45, 7) is 2.77. The Hall–Kier alpha value is -0.0500. The normalized spacial score (nSPS) is 11.1. The van der Waals surface area contributed by atoms with Crippen LogP contribution in [0.2, 0.25) is 0 Å². The van der Waals surface area contributed by atoms with Crippen molar-refractivity contribution in [3.05, 3.63) is 65.4 Å². The Balaban J connectivity index is 0.00000256. The number of hydrogen-bond donors (Lipinski definition) is 1. The van der Waals surface area contributed by atoms with Gasteiger partial charge in [0.25, 0.3) is 0 Å². The summed E-state index contributed by atoms with van der Waals surface area (Å²) in [6.07, 6.45) is 0.930. The van der Waals surface area contributed by atoms with Gasteiger partial charge in [0.05, 0.1) is 6.42 Å². The second-order valence-electron chi connectivity index (χ2n) is 7.21. The minimum atomic E-state index is -4.46. The molecule has 160 valence electrons. The third kappa shape index (κ3) is 8.31. The predicted octanol–water partition coefficient (Wildman–Crippen LogP) is -3.32. The zero-order valence-corrected chi connectivity index (χ0v) is 24.6. The van der Waals surface area contributed by atoms with Gasteiger partial charge in [-0.3, -0.25) is 4.79 Å². The number of carbonyl (C=O) groups excluding carboxylic acids is 1. The summed E-state index contributed by atoms with van der Waals surface area (Å²) < 4.78 is 13.0. The molecule has 0 aliphatic rings. The van der Waals surface area contributed by atoms with Crippen LogP contribution in [0.4, 0.5) is 0 Å². The van der Waals surface area contributed by atoms with Crippen LogP contribution in [0.5, 0.6) is 0 Å². The first-order valence-electron chi connectivity index (χ1n) is 9.88. The van der Waals surface area contributed by atoms with Gasteiger partial charge in [-0.2, -0.15) is 0 Å². The van der Waals surface area contributed by atoms with E-state index in [2.05, 4.69) is 23.6 Å². The number of primary amides is 1. The molecule has 0 aliphatic carbocycles. The van der Waals surface area contributed by atoms with Crippen LogP contribution < -0.4 is 74.6 Å². The molecule has 0 saturated heterocycles. The number of nitrogens with zero attached hydrogens (tertiary/aromatic N) is 1. The van der Waals surface area contributed by atoms with Crippen LogP contribution in [0, 0.1) is 0 Å². The summed E-state index contributed by atoms with van der Waals surface area (Å²) in [5.41, 5.74) is 9.79. The molecule has 0 saturated carbocycles. The molecule has 3 rings (SSSR count). The molecule has 0 atom stereocenters. The van der Waals surface area contributed by atoms with Crippen LogP contribution in [-0.4, -0.2) is 22.4 Å². The largest absolute Gasteiger partial charge is 1.00 e. The molecule has 0 spiro atoms. The predicted molar refractivity (Wildman–Crippen MR) is 118 cm³/mol. The molecule has 0 radical (unpaired) electrons. The first-order chi connectivity index (χ1) is 14.3. The van der Waals surface area contributed by atoms with Gasteiger partial charge in [-0.05, 0) is 54.1 Å². The Morgan fingerprint density at radius 2 is 1.81 bits per heavy atom. The van der Waals surface area contributed by atoms with Gasteiger partial charge in [-0.15, -0.1) is 11.8 Å². The van der Waals surface area contributed by atoms with Crippen LogP contribution in [0.15, 0.2) is 53.4 Å².